The number of amides is 2. The molecule has 2 rings (SSSR count). The van der Waals surface area contributed by atoms with Gasteiger partial charge in [-0.15, -0.1) is 11.3 Å². The van der Waals surface area contributed by atoms with Gasteiger partial charge in [0.1, 0.15) is 5.60 Å². The molecule has 3 atom stereocenters. The first-order valence-corrected chi connectivity index (χ1v) is 11.6. The zero-order chi connectivity index (χ0) is 23.2. The average Bonchev–Trinajstić information content (AvgIpc) is 3.20. The number of carbonyl (C=O) groups excluding carboxylic acids is 3. The SMILES string of the molecule is CCC(CC)O[C@@H]1C=C(C(=O)c2cccs2)C[C@H](NC(C)=O)[C@H]1NC(=O)OC(C)(C)C. The van der Waals surface area contributed by atoms with Crippen molar-refractivity contribution in [2.24, 2.45) is 0 Å². The van der Waals surface area contributed by atoms with Crippen LogP contribution in [0, 0.1) is 0 Å². The predicted molar refractivity (Wildman–Crippen MR) is 121 cm³/mol. The van der Waals surface area contributed by atoms with Gasteiger partial charge in [-0.25, -0.2) is 4.79 Å². The minimum Gasteiger partial charge on any atom is -0.444 e. The van der Waals surface area contributed by atoms with Crippen molar-refractivity contribution < 1.29 is 23.9 Å². The van der Waals surface area contributed by atoms with Crippen LogP contribution in [-0.2, 0) is 14.3 Å². The van der Waals surface area contributed by atoms with Gasteiger partial charge in [-0.1, -0.05) is 19.9 Å². The largest absolute Gasteiger partial charge is 0.444 e. The van der Waals surface area contributed by atoms with Crippen molar-refractivity contribution in [3.63, 3.8) is 0 Å². The fourth-order valence-electron chi connectivity index (χ4n) is 3.55. The lowest BCUT2D eigenvalue weighted by Gasteiger charge is -2.39. The van der Waals surface area contributed by atoms with Gasteiger partial charge < -0.3 is 20.1 Å². The van der Waals surface area contributed by atoms with Crippen LogP contribution in [0.3, 0.4) is 0 Å². The van der Waals surface area contributed by atoms with Gasteiger partial charge in [0.05, 0.1) is 29.2 Å². The minimum absolute atomic E-state index is 0.0432. The van der Waals surface area contributed by atoms with Crippen LogP contribution in [0.5, 0.6) is 0 Å². The lowest BCUT2D eigenvalue weighted by atomic mass is 9.85. The van der Waals surface area contributed by atoms with Crippen LogP contribution < -0.4 is 10.6 Å². The molecule has 0 aromatic carbocycles. The zero-order valence-corrected chi connectivity index (χ0v) is 20.0. The highest BCUT2D eigenvalue weighted by Gasteiger charge is 2.39. The van der Waals surface area contributed by atoms with Gasteiger partial charge in [0.2, 0.25) is 5.91 Å². The van der Waals surface area contributed by atoms with E-state index in [-0.39, 0.29) is 17.8 Å². The molecule has 1 aromatic rings. The summed E-state index contributed by atoms with van der Waals surface area (Å²) in [7, 11) is 0. The molecule has 2 amide bonds. The molecule has 0 bridgehead atoms. The standard InChI is InChI=1S/C23H34N2O5S/c1-7-16(8-2)29-18-13-15(21(27)19-10-9-11-31-19)12-17(24-14(3)26)20(18)25-22(28)30-23(4,5)6/h9-11,13,16-18,20H,7-8,12H2,1-6H3,(H,24,26)(H,25,28)/t17-,18+,20+/m0/s1. The molecule has 0 spiro atoms. The molecule has 1 aliphatic rings. The molecule has 8 heteroatoms. The van der Waals surface area contributed by atoms with E-state index in [1.165, 1.54) is 18.3 Å². The maximum atomic E-state index is 13.0. The van der Waals surface area contributed by atoms with Crippen molar-refractivity contribution in [2.45, 2.75) is 90.7 Å². The fourth-order valence-corrected chi connectivity index (χ4v) is 4.25. The molecule has 1 heterocycles. The van der Waals surface area contributed by atoms with Crippen molar-refractivity contribution in [3.05, 3.63) is 34.0 Å². The van der Waals surface area contributed by atoms with Gasteiger partial charge in [-0.2, -0.15) is 0 Å². The van der Waals surface area contributed by atoms with E-state index in [9.17, 15) is 14.4 Å². The number of thiophene rings is 1. The molecule has 0 saturated carbocycles. The highest BCUT2D eigenvalue weighted by atomic mass is 32.1. The monoisotopic (exact) mass is 450 g/mol. The Kier molecular flexibility index (Phi) is 8.82. The number of ether oxygens (including phenoxy) is 2. The van der Waals surface area contributed by atoms with Crippen LogP contribution in [0.15, 0.2) is 29.2 Å². The van der Waals surface area contributed by atoms with Crippen LogP contribution in [0.25, 0.3) is 0 Å². The molecular weight excluding hydrogens is 416 g/mol. The third kappa shape index (κ3) is 7.47. The molecule has 0 unspecified atom stereocenters. The van der Waals surface area contributed by atoms with Crippen molar-refractivity contribution in [2.75, 3.05) is 0 Å². The van der Waals surface area contributed by atoms with E-state index < -0.39 is 29.9 Å². The van der Waals surface area contributed by atoms with E-state index >= 15 is 0 Å². The molecule has 7 nitrogen and oxygen atoms in total. The summed E-state index contributed by atoms with van der Waals surface area (Å²) in [6.07, 6.45) is 2.45. The Bertz CT molecular complexity index is 793. The van der Waals surface area contributed by atoms with Crippen LogP contribution in [0.4, 0.5) is 4.79 Å². The van der Waals surface area contributed by atoms with Gasteiger partial charge in [0.25, 0.3) is 0 Å². The van der Waals surface area contributed by atoms with Gasteiger partial charge in [-0.3, -0.25) is 9.59 Å². The molecule has 0 fully saturated rings. The molecule has 1 aliphatic carbocycles. The Balaban J connectivity index is 2.39. The minimum atomic E-state index is -0.663. The van der Waals surface area contributed by atoms with Crippen LogP contribution in [0.1, 0.15) is 70.5 Å². The Morgan fingerprint density at radius 3 is 2.39 bits per heavy atom. The summed E-state index contributed by atoms with van der Waals surface area (Å²) in [6.45, 7) is 10.8. The quantitative estimate of drug-likeness (QED) is 0.578. The van der Waals surface area contributed by atoms with Crippen LogP contribution in [0.2, 0.25) is 0 Å². The molecule has 1 aromatic heterocycles. The smallest absolute Gasteiger partial charge is 0.408 e. The summed E-state index contributed by atoms with van der Waals surface area (Å²) < 4.78 is 11.7. The summed E-state index contributed by atoms with van der Waals surface area (Å²) in [5.41, 5.74) is -0.0937. The van der Waals surface area contributed by atoms with Gasteiger partial charge in [0, 0.05) is 12.5 Å². The third-order valence-corrected chi connectivity index (χ3v) is 5.83. The van der Waals surface area contributed by atoms with E-state index in [0.717, 1.165) is 12.8 Å². The molecule has 0 aliphatic heterocycles. The number of alkyl carbamates (subject to hydrolysis) is 1. The maximum Gasteiger partial charge on any atom is 0.408 e. The molecule has 172 valence electrons. The summed E-state index contributed by atoms with van der Waals surface area (Å²) >= 11 is 1.37. The lowest BCUT2D eigenvalue weighted by molar-refractivity contribution is -0.120. The molecule has 0 saturated heterocycles. The number of ketones is 1. The first kappa shape index (κ1) is 25.1. The molecule has 2 N–H and O–H groups in total. The van der Waals surface area contributed by atoms with Gasteiger partial charge in [-0.05, 0) is 57.6 Å². The van der Waals surface area contributed by atoms with E-state index in [1.807, 2.05) is 25.3 Å². The first-order valence-electron chi connectivity index (χ1n) is 10.7. The molecule has 31 heavy (non-hydrogen) atoms. The Hall–Kier alpha value is -2.19. The van der Waals surface area contributed by atoms with Crippen molar-refractivity contribution in [1.29, 1.82) is 0 Å². The highest BCUT2D eigenvalue weighted by molar-refractivity contribution is 7.12. The average molecular weight is 451 g/mol. The number of hydrogen-bond donors (Lipinski definition) is 2. The normalized spacial score (nSPS) is 21.4. The maximum absolute atomic E-state index is 13.0. The number of nitrogens with one attached hydrogen (secondary N) is 2. The summed E-state index contributed by atoms with van der Waals surface area (Å²) in [5, 5.41) is 7.62. The van der Waals surface area contributed by atoms with Crippen molar-refractivity contribution in [3.8, 4) is 0 Å². The number of carbonyl (C=O) groups is 3. The van der Waals surface area contributed by atoms with Gasteiger partial charge in [0.15, 0.2) is 5.78 Å². The van der Waals surface area contributed by atoms with E-state index in [2.05, 4.69) is 10.6 Å². The van der Waals surface area contributed by atoms with E-state index in [1.54, 1.807) is 32.9 Å². The first-order chi connectivity index (χ1) is 14.5. The third-order valence-electron chi connectivity index (χ3n) is 4.96. The van der Waals surface area contributed by atoms with Crippen molar-refractivity contribution in [1.82, 2.24) is 10.6 Å². The zero-order valence-electron chi connectivity index (χ0n) is 19.2. The Labute approximate surface area is 188 Å². The van der Waals surface area contributed by atoms with Crippen molar-refractivity contribution >= 4 is 29.1 Å². The van der Waals surface area contributed by atoms with Crippen LogP contribution in [-0.4, -0.2) is 47.7 Å². The Morgan fingerprint density at radius 2 is 1.87 bits per heavy atom. The van der Waals surface area contributed by atoms with Crippen LogP contribution >= 0.6 is 11.3 Å². The predicted octanol–water partition coefficient (Wildman–Crippen LogP) is 4.23. The van der Waals surface area contributed by atoms with E-state index in [4.69, 9.17) is 9.47 Å². The molecule has 0 radical (unpaired) electrons. The second-order valence-corrected chi connectivity index (χ2v) is 9.67. The summed E-state index contributed by atoms with van der Waals surface area (Å²) in [4.78, 5) is 38.1. The van der Waals surface area contributed by atoms with Gasteiger partial charge >= 0.3 is 6.09 Å². The molecular formula is C23H34N2O5S. The van der Waals surface area contributed by atoms with E-state index in [0.29, 0.717) is 16.9 Å². The number of rotatable bonds is 8. The second kappa shape index (κ2) is 10.9. The topological polar surface area (TPSA) is 93.7 Å². The number of hydrogen-bond acceptors (Lipinski definition) is 6. The number of Topliss-reactive ketones (excluding diaryl/α,β-unsaturated/α-hetero) is 1. The highest BCUT2D eigenvalue weighted by Crippen LogP contribution is 2.28. The summed E-state index contributed by atoms with van der Waals surface area (Å²) in [6, 6.07) is 2.54. The Morgan fingerprint density at radius 1 is 1.19 bits per heavy atom. The second-order valence-electron chi connectivity index (χ2n) is 8.72. The fraction of sp³-hybridized carbons (Fsp3) is 0.609. The summed E-state index contributed by atoms with van der Waals surface area (Å²) in [5.74, 6) is -0.327. The lowest BCUT2D eigenvalue weighted by Crippen LogP contribution is -2.60.